The first-order valence-electron chi connectivity index (χ1n) is 7.92. The lowest BCUT2D eigenvalue weighted by molar-refractivity contribution is -0.137. The number of amides is 1. The van der Waals surface area contributed by atoms with Crippen LogP contribution in [-0.4, -0.2) is 32.7 Å². The summed E-state index contributed by atoms with van der Waals surface area (Å²) < 4.78 is 43.0. The summed E-state index contributed by atoms with van der Waals surface area (Å²) in [4.78, 5) is 20.3. The van der Waals surface area contributed by atoms with Gasteiger partial charge in [-0.1, -0.05) is 26.5 Å². The molecule has 146 valence electrons. The lowest BCUT2D eigenvalue weighted by Crippen LogP contribution is -2.31. The molecule has 0 bridgehead atoms. The van der Waals surface area contributed by atoms with Crippen molar-refractivity contribution in [2.24, 2.45) is 0 Å². The van der Waals surface area contributed by atoms with Crippen LogP contribution in [0.3, 0.4) is 0 Å². The fourth-order valence-electron chi connectivity index (χ4n) is 2.27. The van der Waals surface area contributed by atoms with Crippen LogP contribution in [0.1, 0.15) is 27.9 Å². The van der Waals surface area contributed by atoms with Crippen LogP contribution in [0.25, 0.3) is 11.4 Å². The van der Waals surface area contributed by atoms with Gasteiger partial charge < -0.3 is 14.9 Å². The summed E-state index contributed by atoms with van der Waals surface area (Å²) in [5.74, 6) is -0.558. The van der Waals surface area contributed by atoms with Crippen molar-refractivity contribution in [3.8, 4) is 11.4 Å². The van der Waals surface area contributed by atoms with Crippen LogP contribution in [0.15, 0.2) is 47.1 Å². The zero-order valence-electron chi connectivity index (χ0n) is 14.1. The highest BCUT2D eigenvalue weighted by Gasteiger charge is 2.30. The highest BCUT2D eigenvalue weighted by atomic mass is 31.0. The molecule has 2 atom stereocenters. The summed E-state index contributed by atoms with van der Waals surface area (Å²) in [5, 5.41) is 15.8. The third-order valence-electron chi connectivity index (χ3n) is 3.75. The average molecular weight is 410 g/mol. The van der Waals surface area contributed by atoms with Crippen LogP contribution >= 0.6 is 9.24 Å². The van der Waals surface area contributed by atoms with Crippen molar-refractivity contribution in [3.05, 3.63) is 59.6 Å². The Hall–Kier alpha value is -2.84. The molecule has 0 radical (unpaired) electrons. The molecule has 11 heteroatoms. The van der Waals surface area contributed by atoms with Crippen molar-refractivity contribution in [2.45, 2.75) is 12.2 Å². The number of pyridine rings is 1. The summed E-state index contributed by atoms with van der Waals surface area (Å²) in [6, 6.07) is 6.42. The lowest BCUT2D eigenvalue weighted by atomic mass is 10.1. The van der Waals surface area contributed by atoms with E-state index in [1.165, 1.54) is 18.3 Å². The number of halogens is 3. The normalized spacial score (nSPS) is 12.6. The zero-order valence-corrected chi connectivity index (χ0v) is 15.3. The largest absolute Gasteiger partial charge is 0.416 e. The van der Waals surface area contributed by atoms with E-state index in [2.05, 4.69) is 29.7 Å². The molecule has 3 rings (SSSR count). The predicted molar refractivity (Wildman–Crippen MR) is 95.6 cm³/mol. The Labute approximate surface area is 159 Å². The Balaban J connectivity index is 1.75. The van der Waals surface area contributed by atoms with Crippen molar-refractivity contribution in [3.63, 3.8) is 0 Å². The van der Waals surface area contributed by atoms with Gasteiger partial charge >= 0.3 is 6.18 Å². The molecule has 2 N–H and O–H groups in total. The second kappa shape index (κ2) is 8.04. The molecule has 2 aromatic heterocycles. The molecule has 0 fully saturated rings. The molecular weight excluding hydrogens is 396 g/mol. The van der Waals surface area contributed by atoms with Gasteiger partial charge in [0.15, 0.2) is 0 Å². The van der Waals surface area contributed by atoms with Gasteiger partial charge in [0.1, 0.15) is 6.04 Å². The highest BCUT2D eigenvalue weighted by molar-refractivity contribution is 7.26. The predicted octanol–water partition coefficient (Wildman–Crippen LogP) is 2.11. The number of carbonyl (C=O) groups is 1. The maximum atomic E-state index is 12.6. The molecule has 0 saturated carbocycles. The Morgan fingerprint density at radius 1 is 1.21 bits per heavy atom. The first kappa shape index (κ1) is 19.9. The minimum absolute atomic E-state index is 0.0328. The van der Waals surface area contributed by atoms with Gasteiger partial charge in [0.2, 0.25) is 5.82 Å². The van der Waals surface area contributed by atoms with E-state index >= 15 is 0 Å². The number of benzene rings is 1. The number of hydrogen-bond donors (Lipinski definition) is 2. The molecule has 2 heterocycles. The van der Waals surface area contributed by atoms with E-state index in [-0.39, 0.29) is 17.3 Å². The van der Waals surface area contributed by atoms with E-state index in [4.69, 9.17) is 4.52 Å². The molecule has 3 aromatic rings. The first-order valence-corrected chi connectivity index (χ1v) is 8.50. The SMILES string of the molecule is O=C(N[C@@H](CO)c1nc(-c2ccc(C(F)(F)F)cc2)no1)c1ccc(P)nc1. The van der Waals surface area contributed by atoms with E-state index in [1.807, 2.05) is 0 Å². The summed E-state index contributed by atoms with van der Waals surface area (Å²) in [5.41, 5.74) is 0.428. The second-order valence-electron chi connectivity index (χ2n) is 5.71. The fourth-order valence-corrected chi connectivity index (χ4v) is 2.44. The molecular formula is C17H14F3N4O3P. The summed E-state index contributed by atoms with van der Waals surface area (Å²) in [6.45, 7) is -0.518. The summed E-state index contributed by atoms with van der Waals surface area (Å²) in [6.07, 6.45) is -3.08. The van der Waals surface area contributed by atoms with Crippen LogP contribution in [0.5, 0.6) is 0 Å². The van der Waals surface area contributed by atoms with Gasteiger partial charge in [0, 0.05) is 11.8 Å². The number of carbonyl (C=O) groups excluding carboxylic acids is 1. The van der Waals surface area contributed by atoms with Crippen LogP contribution in [0.2, 0.25) is 0 Å². The molecule has 0 saturated heterocycles. The summed E-state index contributed by atoms with van der Waals surface area (Å²) >= 11 is 0. The van der Waals surface area contributed by atoms with Gasteiger partial charge in [-0.05, 0) is 24.3 Å². The number of hydrogen-bond acceptors (Lipinski definition) is 6. The Morgan fingerprint density at radius 3 is 2.50 bits per heavy atom. The molecule has 0 spiro atoms. The fraction of sp³-hybridized carbons (Fsp3) is 0.176. The minimum atomic E-state index is -4.45. The number of nitrogens with one attached hydrogen (secondary N) is 1. The number of rotatable bonds is 5. The Morgan fingerprint density at radius 2 is 1.93 bits per heavy atom. The molecule has 0 aliphatic heterocycles. The van der Waals surface area contributed by atoms with E-state index in [1.54, 1.807) is 12.1 Å². The Bertz CT molecular complexity index is 959. The first-order chi connectivity index (χ1) is 13.3. The lowest BCUT2D eigenvalue weighted by Gasteiger charge is -2.12. The molecule has 0 aliphatic carbocycles. The minimum Gasteiger partial charge on any atom is -0.394 e. The quantitative estimate of drug-likeness (QED) is 0.625. The van der Waals surface area contributed by atoms with E-state index in [0.29, 0.717) is 11.0 Å². The summed E-state index contributed by atoms with van der Waals surface area (Å²) in [7, 11) is 2.39. The van der Waals surface area contributed by atoms with Crippen molar-refractivity contribution in [1.82, 2.24) is 20.4 Å². The van der Waals surface area contributed by atoms with Gasteiger partial charge in [-0.25, -0.2) is 0 Å². The molecule has 7 nitrogen and oxygen atoms in total. The van der Waals surface area contributed by atoms with Crippen molar-refractivity contribution >= 4 is 20.6 Å². The van der Waals surface area contributed by atoms with Gasteiger partial charge in [0.05, 0.1) is 23.2 Å². The van der Waals surface area contributed by atoms with Crippen LogP contribution in [0.4, 0.5) is 13.2 Å². The number of nitrogens with zero attached hydrogens (tertiary/aromatic N) is 3. The average Bonchev–Trinajstić information content (AvgIpc) is 3.16. The van der Waals surface area contributed by atoms with Crippen molar-refractivity contribution in [2.75, 3.05) is 6.61 Å². The highest BCUT2D eigenvalue weighted by Crippen LogP contribution is 2.30. The smallest absolute Gasteiger partial charge is 0.394 e. The van der Waals surface area contributed by atoms with Gasteiger partial charge in [-0.15, -0.1) is 0 Å². The standard InChI is InChI=1S/C17H14F3N4O3P/c18-17(19,20)11-4-1-9(2-5-11)14-23-16(27-24-14)12(8-25)22-15(26)10-3-6-13(28)21-7-10/h1-7,12,25H,8,28H2,(H,22,26)/t12-/m0/s1. The number of alkyl halides is 3. The van der Waals surface area contributed by atoms with Gasteiger partial charge in [-0.3, -0.25) is 9.78 Å². The third kappa shape index (κ3) is 4.52. The van der Waals surface area contributed by atoms with Gasteiger partial charge in [-0.2, -0.15) is 18.2 Å². The maximum absolute atomic E-state index is 12.6. The molecule has 0 aliphatic rings. The number of aliphatic hydroxyl groups excluding tert-OH is 1. The van der Waals surface area contributed by atoms with Crippen molar-refractivity contribution in [1.29, 1.82) is 0 Å². The number of aromatic nitrogens is 3. The van der Waals surface area contributed by atoms with E-state index in [9.17, 15) is 23.1 Å². The molecule has 28 heavy (non-hydrogen) atoms. The molecule has 1 unspecified atom stereocenters. The van der Waals surface area contributed by atoms with Crippen molar-refractivity contribution < 1.29 is 27.6 Å². The Kier molecular flexibility index (Phi) is 5.71. The van der Waals surface area contributed by atoms with Gasteiger partial charge in [0.25, 0.3) is 11.8 Å². The van der Waals surface area contributed by atoms with Crippen LogP contribution < -0.4 is 10.8 Å². The second-order valence-corrected chi connectivity index (χ2v) is 6.30. The van der Waals surface area contributed by atoms with E-state index < -0.39 is 30.3 Å². The van der Waals surface area contributed by atoms with E-state index in [0.717, 1.165) is 12.1 Å². The molecule has 1 aromatic carbocycles. The van der Waals surface area contributed by atoms with Crippen LogP contribution in [0, 0.1) is 0 Å². The van der Waals surface area contributed by atoms with Crippen LogP contribution in [-0.2, 0) is 6.18 Å². The molecule has 1 amide bonds. The number of aliphatic hydroxyl groups is 1. The third-order valence-corrected chi connectivity index (χ3v) is 4.09. The monoisotopic (exact) mass is 410 g/mol. The topological polar surface area (TPSA) is 101 Å². The zero-order chi connectivity index (χ0) is 20.3. The maximum Gasteiger partial charge on any atom is 0.416 e.